The van der Waals surface area contributed by atoms with Crippen LogP contribution in [-0.4, -0.2) is 22.6 Å². The van der Waals surface area contributed by atoms with Crippen molar-refractivity contribution >= 4 is 17.4 Å². The first-order valence-corrected chi connectivity index (χ1v) is 7.71. The fraction of sp³-hybridized carbons (Fsp3) is 0.733. The van der Waals surface area contributed by atoms with Gasteiger partial charge in [0.2, 0.25) is 0 Å². The highest BCUT2D eigenvalue weighted by Crippen LogP contribution is 2.31. The molecule has 0 spiro atoms. The number of hydrogen-bond donors (Lipinski definition) is 0. The molecule has 0 atom stereocenters. The molecule has 0 aromatic carbocycles. The molecule has 106 valence electrons. The molecule has 1 fully saturated rings. The van der Waals surface area contributed by atoms with Crippen molar-refractivity contribution in [2.24, 2.45) is 5.92 Å². The zero-order chi connectivity index (χ0) is 13.8. The van der Waals surface area contributed by atoms with Gasteiger partial charge in [-0.15, -0.1) is 0 Å². The SMILES string of the molecule is Cc1c(Cl)ncnc1N(CCC(C)C)C1CCCC1. The van der Waals surface area contributed by atoms with Crippen molar-refractivity contribution in [1.29, 1.82) is 0 Å². The van der Waals surface area contributed by atoms with Gasteiger partial charge >= 0.3 is 0 Å². The van der Waals surface area contributed by atoms with E-state index < -0.39 is 0 Å². The number of halogens is 1. The molecule has 1 saturated carbocycles. The van der Waals surface area contributed by atoms with Gasteiger partial charge in [-0.3, -0.25) is 0 Å². The van der Waals surface area contributed by atoms with Gasteiger partial charge in [-0.05, 0) is 32.1 Å². The van der Waals surface area contributed by atoms with Gasteiger partial charge in [0.15, 0.2) is 0 Å². The molecule has 1 aliphatic carbocycles. The molecule has 0 N–H and O–H groups in total. The molecular formula is C15H24ClN3. The number of aromatic nitrogens is 2. The van der Waals surface area contributed by atoms with E-state index >= 15 is 0 Å². The molecule has 1 aromatic rings. The minimum absolute atomic E-state index is 0.581. The summed E-state index contributed by atoms with van der Waals surface area (Å²) in [6.45, 7) is 7.63. The van der Waals surface area contributed by atoms with E-state index in [4.69, 9.17) is 11.6 Å². The molecule has 1 aliphatic rings. The molecule has 2 rings (SSSR count). The molecule has 19 heavy (non-hydrogen) atoms. The molecule has 0 radical (unpaired) electrons. The third-order valence-corrected chi connectivity index (χ3v) is 4.36. The fourth-order valence-electron chi connectivity index (χ4n) is 2.78. The van der Waals surface area contributed by atoms with Crippen molar-refractivity contribution in [3.05, 3.63) is 17.0 Å². The zero-order valence-electron chi connectivity index (χ0n) is 12.2. The highest BCUT2D eigenvalue weighted by atomic mass is 35.5. The predicted octanol–water partition coefficient (Wildman–Crippen LogP) is 4.23. The number of anilines is 1. The summed E-state index contributed by atoms with van der Waals surface area (Å²) < 4.78 is 0. The van der Waals surface area contributed by atoms with Crippen LogP contribution in [0.15, 0.2) is 6.33 Å². The first kappa shape index (κ1) is 14.6. The van der Waals surface area contributed by atoms with E-state index in [0.717, 1.165) is 17.9 Å². The molecule has 3 nitrogen and oxygen atoms in total. The minimum Gasteiger partial charge on any atom is -0.353 e. The van der Waals surface area contributed by atoms with Crippen LogP contribution in [-0.2, 0) is 0 Å². The Kier molecular flexibility index (Phi) is 5.03. The Morgan fingerprint density at radius 2 is 2.00 bits per heavy atom. The first-order chi connectivity index (χ1) is 9.09. The summed E-state index contributed by atoms with van der Waals surface area (Å²) in [6.07, 6.45) is 8.00. The number of hydrogen-bond acceptors (Lipinski definition) is 3. The van der Waals surface area contributed by atoms with Crippen LogP contribution in [0.2, 0.25) is 5.15 Å². The molecule has 4 heteroatoms. The highest BCUT2D eigenvalue weighted by molar-refractivity contribution is 6.30. The van der Waals surface area contributed by atoms with E-state index in [1.165, 1.54) is 32.1 Å². The quantitative estimate of drug-likeness (QED) is 0.756. The van der Waals surface area contributed by atoms with E-state index in [1.807, 2.05) is 6.92 Å². The average Bonchev–Trinajstić information content (AvgIpc) is 2.88. The van der Waals surface area contributed by atoms with Gasteiger partial charge in [-0.25, -0.2) is 9.97 Å². The summed E-state index contributed by atoms with van der Waals surface area (Å²) in [6, 6.07) is 0.628. The van der Waals surface area contributed by atoms with Gasteiger partial charge in [-0.2, -0.15) is 0 Å². The Balaban J connectivity index is 2.22. The molecule has 0 unspecified atom stereocenters. The lowest BCUT2D eigenvalue weighted by Gasteiger charge is -2.32. The normalized spacial score (nSPS) is 16.3. The topological polar surface area (TPSA) is 29.0 Å². The summed E-state index contributed by atoms with van der Waals surface area (Å²) in [7, 11) is 0. The van der Waals surface area contributed by atoms with Crippen molar-refractivity contribution in [2.75, 3.05) is 11.4 Å². The van der Waals surface area contributed by atoms with Crippen LogP contribution >= 0.6 is 11.6 Å². The molecular weight excluding hydrogens is 258 g/mol. The summed E-state index contributed by atoms with van der Waals surface area (Å²) in [4.78, 5) is 11.0. The fourth-order valence-corrected chi connectivity index (χ4v) is 2.91. The van der Waals surface area contributed by atoms with E-state index in [9.17, 15) is 0 Å². The van der Waals surface area contributed by atoms with Gasteiger partial charge in [0.05, 0.1) is 0 Å². The number of nitrogens with zero attached hydrogens (tertiary/aromatic N) is 3. The molecule has 0 amide bonds. The van der Waals surface area contributed by atoms with Crippen LogP contribution in [0.25, 0.3) is 0 Å². The Bertz CT molecular complexity index is 414. The summed E-state index contributed by atoms with van der Waals surface area (Å²) in [5.41, 5.74) is 1.01. The lowest BCUT2D eigenvalue weighted by Crippen LogP contribution is -2.36. The van der Waals surface area contributed by atoms with Crippen LogP contribution in [0.4, 0.5) is 5.82 Å². The van der Waals surface area contributed by atoms with Crippen LogP contribution in [0, 0.1) is 12.8 Å². The molecule has 0 bridgehead atoms. The van der Waals surface area contributed by atoms with Gasteiger partial charge in [0.25, 0.3) is 0 Å². The average molecular weight is 282 g/mol. The van der Waals surface area contributed by atoms with E-state index in [-0.39, 0.29) is 0 Å². The van der Waals surface area contributed by atoms with Crippen LogP contribution in [0.3, 0.4) is 0 Å². The maximum atomic E-state index is 6.15. The van der Waals surface area contributed by atoms with Crippen LogP contribution < -0.4 is 4.90 Å². The highest BCUT2D eigenvalue weighted by Gasteiger charge is 2.25. The zero-order valence-corrected chi connectivity index (χ0v) is 13.0. The second-order valence-corrected chi connectivity index (χ2v) is 6.29. The Morgan fingerprint density at radius 1 is 1.32 bits per heavy atom. The van der Waals surface area contributed by atoms with Crippen LogP contribution in [0.5, 0.6) is 0 Å². The largest absolute Gasteiger partial charge is 0.353 e. The van der Waals surface area contributed by atoms with E-state index in [0.29, 0.717) is 17.1 Å². The van der Waals surface area contributed by atoms with E-state index in [2.05, 4.69) is 28.7 Å². The Morgan fingerprint density at radius 3 is 2.63 bits per heavy atom. The van der Waals surface area contributed by atoms with Crippen molar-refractivity contribution in [3.63, 3.8) is 0 Å². The summed E-state index contributed by atoms with van der Waals surface area (Å²) >= 11 is 6.15. The van der Waals surface area contributed by atoms with Gasteiger partial charge < -0.3 is 4.90 Å². The molecule has 1 heterocycles. The van der Waals surface area contributed by atoms with Crippen molar-refractivity contribution in [1.82, 2.24) is 9.97 Å². The van der Waals surface area contributed by atoms with Crippen molar-refractivity contribution in [2.45, 2.75) is 58.9 Å². The summed E-state index contributed by atoms with van der Waals surface area (Å²) in [5.74, 6) is 1.74. The van der Waals surface area contributed by atoms with Gasteiger partial charge in [0.1, 0.15) is 17.3 Å². The third-order valence-electron chi connectivity index (χ3n) is 3.98. The Labute approximate surface area is 121 Å². The lowest BCUT2D eigenvalue weighted by atomic mass is 10.1. The standard InChI is InChI=1S/C15H24ClN3/c1-11(2)8-9-19(13-6-4-5-7-13)15-12(3)14(16)17-10-18-15/h10-11,13H,4-9H2,1-3H3. The predicted molar refractivity (Wildman–Crippen MR) is 80.8 cm³/mol. The van der Waals surface area contributed by atoms with Gasteiger partial charge in [0, 0.05) is 18.2 Å². The first-order valence-electron chi connectivity index (χ1n) is 7.33. The molecule has 0 aliphatic heterocycles. The van der Waals surface area contributed by atoms with Crippen molar-refractivity contribution in [3.8, 4) is 0 Å². The lowest BCUT2D eigenvalue weighted by molar-refractivity contribution is 0.524. The second-order valence-electron chi connectivity index (χ2n) is 5.93. The third kappa shape index (κ3) is 3.59. The maximum Gasteiger partial charge on any atom is 0.137 e. The monoisotopic (exact) mass is 281 g/mol. The number of rotatable bonds is 5. The maximum absolute atomic E-state index is 6.15. The van der Waals surface area contributed by atoms with Crippen LogP contribution in [0.1, 0.15) is 51.5 Å². The Hall–Kier alpha value is -0.830. The molecule has 1 aromatic heterocycles. The smallest absolute Gasteiger partial charge is 0.137 e. The second kappa shape index (κ2) is 6.56. The minimum atomic E-state index is 0.581. The van der Waals surface area contributed by atoms with Gasteiger partial charge in [-0.1, -0.05) is 38.3 Å². The van der Waals surface area contributed by atoms with Crippen molar-refractivity contribution < 1.29 is 0 Å². The van der Waals surface area contributed by atoms with E-state index in [1.54, 1.807) is 6.33 Å². The molecule has 0 saturated heterocycles. The summed E-state index contributed by atoms with van der Waals surface area (Å²) in [5, 5.41) is 0.581.